The smallest absolute Gasteiger partial charge is 0.341 e. The first-order valence-corrected chi connectivity index (χ1v) is 6.60. The van der Waals surface area contributed by atoms with E-state index in [1.807, 2.05) is 13.8 Å². The summed E-state index contributed by atoms with van der Waals surface area (Å²) >= 11 is 0. The number of nitrogens with two attached hydrogens (primary N) is 1. The normalized spacial score (nSPS) is 17.9. The maximum absolute atomic E-state index is 11.3. The number of guanidine groups is 1. The van der Waals surface area contributed by atoms with Crippen LogP contribution in [0.4, 0.5) is 4.79 Å². The summed E-state index contributed by atoms with van der Waals surface area (Å²) in [5.74, 6) is -0.582. The summed E-state index contributed by atoms with van der Waals surface area (Å²) in [6.07, 6.45) is 0.428. The van der Waals surface area contributed by atoms with Gasteiger partial charge in [-0.25, -0.2) is 9.59 Å². The van der Waals surface area contributed by atoms with Crippen molar-refractivity contribution in [1.29, 1.82) is 0 Å². The number of carboxylic acids is 1. The van der Waals surface area contributed by atoms with Crippen LogP contribution in [-0.4, -0.2) is 60.3 Å². The SMILES string of the molecule is CC(C)CC(N/C(=N/C(N)=O)N1CCOCC1)C(=O)O. The van der Waals surface area contributed by atoms with Crippen molar-refractivity contribution in [3.05, 3.63) is 0 Å². The van der Waals surface area contributed by atoms with Gasteiger partial charge in [-0.3, -0.25) is 0 Å². The highest BCUT2D eigenvalue weighted by Crippen LogP contribution is 2.07. The lowest BCUT2D eigenvalue weighted by atomic mass is 10.0. The Morgan fingerprint density at radius 2 is 2.00 bits per heavy atom. The van der Waals surface area contributed by atoms with E-state index in [0.29, 0.717) is 32.7 Å². The minimum Gasteiger partial charge on any atom is -0.480 e. The summed E-state index contributed by atoms with van der Waals surface area (Å²) in [6, 6.07) is -1.66. The third-order valence-electron chi connectivity index (χ3n) is 2.84. The van der Waals surface area contributed by atoms with Gasteiger partial charge in [0.25, 0.3) is 0 Å². The van der Waals surface area contributed by atoms with Crippen LogP contribution < -0.4 is 11.1 Å². The summed E-state index contributed by atoms with van der Waals surface area (Å²) < 4.78 is 5.21. The van der Waals surface area contributed by atoms with Crippen LogP contribution in [-0.2, 0) is 9.53 Å². The number of aliphatic carboxylic acids is 1. The molecule has 1 rings (SSSR count). The van der Waals surface area contributed by atoms with Crippen LogP contribution in [0.2, 0.25) is 0 Å². The maximum Gasteiger partial charge on any atom is 0.341 e. The number of ether oxygens (including phenoxy) is 1. The lowest BCUT2D eigenvalue weighted by Crippen LogP contribution is -2.53. The van der Waals surface area contributed by atoms with Crippen molar-refractivity contribution in [1.82, 2.24) is 10.2 Å². The fourth-order valence-electron chi connectivity index (χ4n) is 1.92. The number of carboxylic acid groups (broad SMARTS) is 1. The van der Waals surface area contributed by atoms with E-state index >= 15 is 0 Å². The van der Waals surface area contributed by atoms with Crippen molar-refractivity contribution in [3.8, 4) is 0 Å². The van der Waals surface area contributed by atoms with E-state index in [2.05, 4.69) is 10.3 Å². The quantitative estimate of drug-likeness (QED) is 0.488. The molecule has 114 valence electrons. The van der Waals surface area contributed by atoms with Gasteiger partial charge in [-0.1, -0.05) is 13.8 Å². The summed E-state index contributed by atoms with van der Waals surface area (Å²) in [4.78, 5) is 27.7. The molecule has 1 saturated heterocycles. The van der Waals surface area contributed by atoms with Crippen LogP contribution in [0.1, 0.15) is 20.3 Å². The molecule has 1 unspecified atom stereocenters. The zero-order chi connectivity index (χ0) is 15.1. The molecule has 0 radical (unpaired) electrons. The molecule has 0 aromatic carbocycles. The first kappa shape index (κ1) is 16.2. The molecule has 0 bridgehead atoms. The highest BCUT2D eigenvalue weighted by atomic mass is 16.5. The Labute approximate surface area is 118 Å². The fourth-order valence-corrected chi connectivity index (χ4v) is 1.92. The summed E-state index contributed by atoms with van der Waals surface area (Å²) in [7, 11) is 0. The number of urea groups is 1. The van der Waals surface area contributed by atoms with Crippen LogP contribution in [0.15, 0.2) is 4.99 Å². The van der Waals surface area contributed by atoms with Crippen LogP contribution in [0, 0.1) is 5.92 Å². The molecular weight excluding hydrogens is 264 g/mol. The standard InChI is InChI=1S/C12H22N4O4/c1-8(2)7-9(10(17)18)14-12(15-11(13)19)16-3-5-20-6-4-16/h8-9H,3-7H2,1-2H3,(H,17,18)(H3,13,14,15,19). The Hall–Kier alpha value is -1.83. The van der Waals surface area contributed by atoms with Gasteiger partial charge in [0.05, 0.1) is 13.2 Å². The highest BCUT2D eigenvalue weighted by Gasteiger charge is 2.24. The molecule has 4 N–H and O–H groups in total. The topological polar surface area (TPSA) is 117 Å². The monoisotopic (exact) mass is 286 g/mol. The number of nitrogens with one attached hydrogen (secondary N) is 1. The van der Waals surface area contributed by atoms with E-state index in [0.717, 1.165) is 0 Å². The average Bonchev–Trinajstić information content (AvgIpc) is 2.37. The minimum absolute atomic E-state index is 0.197. The highest BCUT2D eigenvalue weighted by molar-refractivity contribution is 5.93. The van der Waals surface area contributed by atoms with E-state index in [9.17, 15) is 14.7 Å². The number of primary amides is 1. The molecule has 1 heterocycles. The molecule has 1 atom stereocenters. The molecule has 0 aliphatic carbocycles. The number of aliphatic imine (C=N–C) groups is 1. The molecule has 1 fully saturated rings. The second-order valence-corrected chi connectivity index (χ2v) is 5.04. The van der Waals surface area contributed by atoms with Crippen molar-refractivity contribution in [2.75, 3.05) is 26.3 Å². The zero-order valence-electron chi connectivity index (χ0n) is 11.8. The Bertz CT molecular complexity index is 378. The minimum atomic E-state index is -0.982. The number of hydrogen-bond donors (Lipinski definition) is 3. The van der Waals surface area contributed by atoms with Gasteiger partial charge >= 0.3 is 12.0 Å². The first-order valence-electron chi connectivity index (χ1n) is 6.60. The van der Waals surface area contributed by atoms with Gasteiger partial charge in [0, 0.05) is 13.1 Å². The number of nitrogens with zero attached hydrogens (tertiary/aromatic N) is 2. The number of morpholine rings is 1. The number of carbonyl (C=O) groups is 2. The predicted octanol–water partition coefficient (Wildman–Crippen LogP) is -0.158. The van der Waals surface area contributed by atoms with E-state index in [4.69, 9.17) is 10.5 Å². The van der Waals surface area contributed by atoms with Crippen LogP contribution in [0.5, 0.6) is 0 Å². The van der Waals surface area contributed by atoms with Gasteiger partial charge < -0.3 is 25.8 Å². The number of amides is 2. The zero-order valence-corrected chi connectivity index (χ0v) is 11.8. The van der Waals surface area contributed by atoms with Crippen LogP contribution in [0.3, 0.4) is 0 Å². The lowest BCUT2D eigenvalue weighted by Gasteiger charge is -2.31. The molecule has 20 heavy (non-hydrogen) atoms. The Kier molecular flexibility index (Phi) is 6.23. The molecule has 0 saturated carbocycles. The Balaban J connectivity index is 2.81. The number of hydrogen-bond acceptors (Lipinski definition) is 3. The van der Waals surface area contributed by atoms with Crippen molar-refractivity contribution in [2.45, 2.75) is 26.3 Å². The van der Waals surface area contributed by atoms with Gasteiger partial charge in [0.1, 0.15) is 6.04 Å². The predicted molar refractivity (Wildman–Crippen MR) is 73.4 cm³/mol. The van der Waals surface area contributed by atoms with Crippen molar-refractivity contribution in [3.63, 3.8) is 0 Å². The third kappa shape index (κ3) is 5.43. The van der Waals surface area contributed by atoms with Crippen molar-refractivity contribution < 1.29 is 19.4 Å². The summed E-state index contributed by atoms with van der Waals surface area (Å²) in [5.41, 5.74) is 5.08. The molecule has 1 aliphatic heterocycles. The van der Waals surface area contributed by atoms with E-state index in [1.54, 1.807) is 4.90 Å². The van der Waals surface area contributed by atoms with E-state index in [-0.39, 0.29) is 11.9 Å². The second kappa shape index (κ2) is 7.68. The molecule has 8 nitrogen and oxygen atoms in total. The molecular formula is C12H22N4O4. The second-order valence-electron chi connectivity index (χ2n) is 5.04. The maximum atomic E-state index is 11.3. The van der Waals surface area contributed by atoms with Crippen LogP contribution in [0.25, 0.3) is 0 Å². The Morgan fingerprint density at radius 1 is 1.40 bits per heavy atom. The van der Waals surface area contributed by atoms with Crippen LogP contribution >= 0.6 is 0 Å². The number of carbonyl (C=O) groups excluding carboxylic acids is 1. The molecule has 0 aromatic rings. The van der Waals surface area contributed by atoms with Crippen molar-refractivity contribution in [2.24, 2.45) is 16.6 Å². The largest absolute Gasteiger partial charge is 0.480 e. The lowest BCUT2D eigenvalue weighted by molar-refractivity contribution is -0.139. The fraction of sp³-hybridized carbons (Fsp3) is 0.750. The van der Waals surface area contributed by atoms with Gasteiger partial charge in [-0.15, -0.1) is 0 Å². The third-order valence-corrected chi connectivity index (χ3v) is 2.84. The molecule has 0 aromatic heterocycles. The molecule has 8 heteroatoms. The van der Waals surface area contributed by atoms with Gasteiger partial charge in [0.2, 0.25) is 5.96 Å². The molecule has 0 spiro atoms. The first-order chi connectivity index (χ1) is 9.40. The van der Waals surface area contributed by atoms with Gasteiger partial charge in [-0.2, -0.15) is 4.99 Å². The molecule has 1 aliphatic rings. The summed E-state index contributed by atoms with van der Waals surface area (Å²) in [5, 5.41) is 12.0. The van der Waals surface area contributed by atoms with E-state index < -0.39 is 18.0 Å². The summed E-state index contributed by atoms with van der Waals surface area (Å²) in [6.45, 7) is 5.93. The number of rotatable bonds is 4. The average molecular weight is 286 g/mol. The van der Waals surface area contributed by atoms with Crippen molar-refractivity contribution >= 4 is 18.0 Å². The molecule has 2 amide bonds. The van der Waals surface area contributed by atoms with Gasteiger partial charge in [0.15, 0.2) is 0 Å². The Morgan fingerprint density at radius 3 is 2.45 bits per heavy atom. The van der Waals surface area contributed by atoms with Gasteiger partial charge in [-0.05, 0) is 12.3 Å². The van der Waals surface area contributed by atoms with E-state index in [1.165, 1.54) is 0 Å².